The first kappa shape index (κ1) is 9.97. The van der Waals surface area contributed by atoms with Gasteiger partial charge in [0.05, 0.1) is 0 Å². The van der Waals surface area contributed by atoms with E-state index in [2.05, 4.69) is 38.1 Å². The van der Waals surface area contributed by atoms with E-state index in [0.717, 1.165) is 12.7 Å². The van der Waals surface area contributed by atoms with E-state index in [0.29, 0.717) is 12.3 Å². The predicted molar refractivity (Wildman–Crippen MR) is 54.9 cm³/mol. The van der Waals surface area contributed by atoms with Crippen molar-refractivity contribution in [3.8, 4) is 0 Å². The molecule has 0 aliphatic carbocycles. The molecule has 0 aliphatic heterocycles. The normalized spacial score (nSPS) is 12.5. The Labute approximate surface area is 79.8 Å². The molecule has 0 saturated carbocycles. The largest absolute Gasteiger partial charge is 0.303 e. The Morgan fingerprint density at radius 1 is 1.46 bits per heavy atom. The predicted octanol–water partition coefficient (Wildman–Crippen LogP) is 2.94. The van der Waals surface area contributed by atoms with Crippen LogP contribution in [0.2, 0.25) is 0 Å². The molecule has 0 aromatic heterocycles. The fourth-order valence-electron chi connectivity index (χ4n) is 1.40. The van der Waals surface area contributed by atoms with Crippen LogP contribution >= 0.6 is 0 Å². The quantitative estimate of drug-likeness (QED) is 0.645. The summed E-state index contributed by atoms with van der Waals surface area (Å²) in [5.74, 6) is 0.351. The maximum atomic E-state index is 10.3. The van der Waals surface area contributed by atoms with Gasteiger partial charge in [0.2, 0.25) is 0 Å². The minimum atomic E-state index is 0.351. The summed E-state index contributed by atoms with van der Waals surface area (Å²) in [4.78, 5) is 10.3. The highest BCUT2D eigenvalue weighted by Crippen LogP contribution is 2.18. The first-order chi connectivity index (χ1) is 6.27. The van der Waals surface area contributed by atoms with Crippen molar-refractivity contribution < 1.29 is 4.79 Å². The van der Waals surface area contributed by atoms with E-state index in [9.17, 15) is 4.79 Å². The second-order valence-corrected chi connectivity index (χ2v) is 3.40. The van der Waals surface area contributed by atoms with Gasteiger partial charge in [-0.1, -0.05) is 38.1 Å². The van der Waals surface area contributed by atoms with Crippen LogP contribution in [0, 0.1) is 0 Å². The molecule has 0 amide bonds. The average molecular weight is 176 g/mol. The molecule has 0 fully saturated rings. The molecule has 0 aliphatic rings. The van der Waals surface area contributed by atoms with E-state index < -0.39 is 0 Å². The number of hydrogen-bond acceptors (Lipinski definition) is 1. The second kappa shape index (κ2) is 4.80. The number of rotatable bonds is 4. The molecule has 0 N–H and O–H groups in total. The smallest absolute Gasteiger partial charge is 0.120 e. The maximum absolute atomic E-state index is 10.3. The van der Waals surface area contributed by atoms with Gasteiger partial charge in [-0.15, -0.1) is 0 Å². The van der Waals surface area contributed by atoms with Gasteiger partial charge in [-0.25, -0.2) is 0 Å². The van der Waals surface area contributed by atoms with Crippen LogP contribution in [0.15, 0.2) is 24.3 Å². The van der Waals surface area contributed by atoms with Crippen molar-refractivity contribution in [2.24, 2.45) is 0 Å². The van der Waals surface area contributed by atoms with Crippen LogP contribution in [0.1, 0.15) is 37.3 Å². The third-order valence-electron chi connectivity index (χ3n) is 2.38. The third-order valence-corrected chi connectivity index (χ3v) is 2.38. The van der Waals surface area contributed by atoms with Gasteiger partial charge in [0.25, 0.3) is 0 Å². The Balaban J connectivity index is 2.81. The molecule has 1 unspecified atom stereocenters. The fourth-order valence-corrected chi connectivity index (χ4v) is 1.40. The summed E-state index contributed by atoms with van der Waals surface area (Å²) in [6, 6.07) is 8.47. The van der Waals surface area contributed by atoms with E-state index >= 15 is 0 Å². The summed E-state index contributed by atoms with van der Waals surface area (Å²) in [7, 11) is 0. The molecule has 1 aromatic rings. The molecule has 1 aromatic carbocycles. The van der Waals surface area contributed by atoms with Crippen LogP contribution in [0.4, 0.5) is 0 Å². The summed E-state index contributed by atoms with van der Waals surface area (Å²) >= 11 is 0. The number of hydrogen-bond donors (Lipinski definition) is 0. The first-order valence-electron chi connectivity index (χ1n) is 4.80. The van der Waals surface area contributed by atoms with Gasteiger partial charge in [-0.2, -0.15) is 0 Å². The Kier molecular flexibility index (Phi) is 3.69. The molecule has 0 radical (unpaired) electrons. The molecule has 1 heteroatoms. The highest BCUT2D eigenvalue weighted by molar-refractivity contribution is 5.51. The molecule has 0 bridgehead atoms. The SMILES string of the molecule is CCc1cccc(C(C)CC=O)c1. The number of aryl methyl sites for hydroxylation is 1. The summed E-state index contributed by atoms with van der Waals surface area (Å²) in [5, 5.41) is 0. The van der Waals surface area contributed by atoms with Crippen LogP contribution in [0.5, 0.6) is 0 Å². The lowest BCUT2D eigenvalue weighted by Gasteiger charge is -2.09. The standard InChI is InChI=1S/C12H16O/c1-3-11-5-4-6-12(9-11)10(2)7-8-13/h4-6,8-10H,3,7H2,1-2H3. The highest BCUT2D eigenvalue weighted by atomic mass is 16.1. The molecule has 1 nitrogen and oxygen atoms in total. The number of aldehydes is 1. The van der Waals surface area contributed by atoms with Gasteiger partial charge in [-0.05, 0) is 23.5 Å². The lowest BCUT2D eigenvalue weighted by molar-refractivity contribution is -0.108. The van der Waals surface area contributed by atoms with E-state index in [1.807, 2.05) is 0 Å². The fraction of sp³-hybridized carbons (Fsp3) is 0.417. The minimum absolute atomic E-state index is 0.351. The van der Waals surface area contributed by atoms with Crippen molar-refractivity contribution in [1.29, 1.82) is 0 Å². The molecule has 0 saturated heterocycles. The van der Waals surface area contributed by atoms with Gasteiger partial charge in [0, 0.05) is 6.42 Å². The van der Waals surface area contributed by atoms with Gasteiger partial charge in [0.15, 0.2) is 0 Å². The van der Waals surface area contributed by atoms with Gasteiger partial charge in [-0.3, -0.25) is 0 Å². The molecule has 0 spiro atoms. The van der Waals surface area contributed by atoms with Crippen LogP contribution in [-0.2, 0) is 11.2 Å². The van der Waals surface area contributed by atoms with Gasteiger partial charge < -0.3 is 4.79 Å². The second-order valence-electron chi connectivity index (χ2n) is 3.40. The number of carbonyl (C=O) groups excluding carboxylic acids is 1. The van der Waals surface area contributed by atoms with Crippen molar-refractivity contribution in [2.45, 2.75) is 32.6 Å². The van der Waals surface area contributed by atoms with Crippen LogP contribution in [-0.4, -0.2) is 6.29 Å². The summed E-state index contributed by atoms with van der Waals surface area (Å²) in [6.07, 6.45) is 2.66. The molecule has 0 heterocycles. The van der Waals surface area contributed by atoms with E-state index in [4.69, 9.17) is 0 Å². The number of benzene rings is 1. The topological polar surface area (TPSA) is 17.1 Å². The maximum Gasteiger partial charge on any atom is 0.120 e. The molecular weight excluding hydrogens is 160 g/mol. The Hall–Kier alpha value is -1.11. The van der Waals surface area contributed by atoms with Crippen molar-refractivity contribution in [2.75, 3.05) is 0 Å². The van der Waals surface area contributed by atoms with Gasteiger partial charge in [0.1, 0.15) is 6.29 Å². The van der Waals surface area contributed by atoms with E-state index in [1.54, 1.807) is 0 Å². The molecule has 13 heavy (non-hydrogen) atoms. The highest BCUT2D eigenvalue weighted by Gasteiger charge is 2.04. The number of carbonyl (C=O) groups is 1. The van der Waals surface area contributed by atoms with Crippen molar-refractivity contribution in [3.63, 3.8) is 0 Å². The monoisotopic (exact) mass is 176 g/mol. The van der Waals surface area contributed by atoms with Gasteiger partial charge >= 0.3 is 0 Å². The lowest BCUT2D eigenvalue weighted by atomic mass is 9.96. The molecule has 1 atom stereocenters. The average Bonchev–Trinajstić information content (AvgIpc) is 2.18. The Bertz CT molecular complexity index is 278. The molecule has 70 valence electrons. The van der Waals surface area contributed by atoms with Crippen molar-refractivity contribution >= 4 is 6.29 Å². The van der Waals surface area contributed by atoms with Crippen LogP contribution < -0.4 is 0 Å². The van der Waals surface area contributed by atoms with Crippen LogP contribution in [0.25, 0.3) is 0 Å². The molecular formula is C12H16O. The van der Waals surface area contributed by atoms with Crippen molar-refractivity contribution in [1.82, 2.24) is 0 Å². The summed E-state index contributed by atoms with van der Waals surface area (Å²) in [6.45, 7) is 4.23. The lowest BCUT2D eigenvalue weighted by Crippen LogP contribution is -1.95. The zero-order valence-corrected chi connectivity index (χ0v) is 8.29. The first-order valence-corrected chi connectivity index (χ1v) is 4.80. The van der Waals surface area contributed by atoms with E-state index in [1.165, 1.54) is 11.1 Å². The van der Waals surface area contributed by atoms with Crippen molar-refractivity contribution in [3.05, 3.63) is 35.4 Å². The zero-order chi connectivity index (χ0) is 9.68. The minimum Gasteiger partial charge on any atom is -0.303 e. The Morgan fingerprint density at radius 3 is 2.85 bits per heavy atom. The summed E-state index contributed by atoms with van der Waals surface area (Å²) in [5.41, 5.74) is 2.61. The van der Waals surface area contributed by atoms with E-state index in [-0.39, 0.29) is 0 Å². The zero-order valence-electron chi connectivity index (χ0n) is 8.29. The third kappa shape index (κ3) is 2.69. The summed E-state index contributed by atoms with van der Waals surface area (Å²) < 4.78 is 0. The Morgan fingerprint density at radius 2 is 2.23 bits per heavy atom. The molecule has 1 rings (SSSR count). The van der Waals surface area contributed by atoms with Crippen LogP contribution in [0.3, 0.4) is 0 Å².